The van der Waals surface area contributed by atoms with Crippen molar-refractivity contribution >= 4 is 51.4 Å². The first-order valence-electron chi connectivity index (χ1n) is 5.62. The number of carbonyl (C=O) groups excluding carboxylic acids is 1. The molecule has 0 atom stereocenters. The number of nitrogens with one attached hydrogen (secondary N) is 1. The SMILES string of the molecule is Cc1csc2nc(NC(=O)c3ccc(Cl)c(Cl)c3)nn12. The molecule has 2 aromatic heterocycles. The lowest BCUT2D eigenvalue weighted by Crippen LogP contribution is -2.13. The molecule has 0 radical (unpaired) electrons. The highest BCUT2D eigenvalue weighted by atomic mass is 35.5. The predicted octanol–water partition coefficient (Wildman–Crippen LogP) is 3.66. The summed E-state index contributed by atoms with van der Waals surface area (Å²) in [5.41, 5.74) is 1.36. The van der Waals surface area contributed by atoms with Gasteiger partial charge in [0.1, 0.15) is 0 Å². The van der Waals surface area contributed by atoms with Crippen LogP contribution in [0.4, 0.5) is 5.95 Å². The predicted molar refractivity (Wildman–Crippen MR) is 80.0 cm³/mol. The fourth-order valence-electron chi connectivity index (χ4n) is 1.66. The first-order chi connectivity index (χ1) is 9.54. The summed E-state index contributed by atoms with van der Waals surface area (Å²) in [6.45, 7) is 1.92. The average Bonchev–Trinajstić information content (AvgIpc) is 2.95. The number of amides is 1. The van der Waals surface area contributed by atoms with Crippen LogP contribution in [-0.2, 0) is 0 Å². The van der Waals surface area contributed by atoms with Gasteiger partial charge in [0.15, 0.2) is 0 Å². The Balaban J connectivity index is 1.86. The van der Waals surface area contributed by atoms with E-state index in [4.69, 9.17) is 23.2 Å². The number of fused-ring (bicyclic) bond motifs is 1. The summed E-state index contributed by atoms with van der Waals surface area (Å²) in [4.78, 5) is 17.0. The monoisotopic (exact) mass is 326 g/mol. The third-order valence-corrected chi connectivity index (χ3v) is 4.33. The smallest absolute Gasteiger partial charge is 0.258 e. The van der Waals surface area contributed by atoms with Crippen molar-refractivity contribution in [2.45, 2.75) is 6.92 Å². The zero-order chi connectivity index (χ0) is 14.3. The molecule has 1 amide bonds. The van der Waals surface area contributed by atoms with Crippen LogP contribution in [0.25, 0.3) is 4.96 Å². The number of halogens is 2. The van der Waals surface area contributed by atoms with Gasteiger partial charge < -0.3 is 0 Å². The van der Waals surface area contributed by atoms with Crippen LogP contribution in [0, 0.1) is 6.92 Å². The number of carbonyl (C=O) groups is 1. The van der Waals surface area contributed by atoms with Crippen LogP contribution < -0.4 is 5.32 Å². The van der Waals surface area contributed by atoms with Crippen molar-refractivity contribution in [3.8, 4) is 0 Å². The molecule has 0 unspecified atom stereocenters. The fourth-order valence-corrected chi connectivity index (χ4v) is 2.75. The van der Waals surface area contributed by atoms with E-state index in [1.54, 1.807) is 16.6 Å². The van der Waals surface area contributed by atoms with Gasteiger partial charge in [-0.15, -0.1) is 16.4 Å². The Bertz CT molecular complexity index is 811. The number of thiazole rings is 1. The van der Waals surface area contributed by atoms with Crippen LogP contribution >= 0.6 is 34.5 Å². The lowest BCUT2D eigenvalue weighted by atomic mass is 10.2. The van der Waals surface area contributed by atoms with Crippen molar-refractivity contribution in [2.24, 2.45) is 0 Å². The minimum atomic E-state index is -0.334. The maximum Gasteiger partial charge on any atom is 0.258 e. The summed E-state index contributed by atoms with van der Waals surface area (Å²) in [6.07, 6.45) is 0. The minimum Gasteiger partial charge on any atom is -0.289 e. The molecule has 2 heterocycles. The number of nitrogens with zero attached hydrogens (tertiary/aromatic N) is 3. The van der Waals surface area contributed by atoms with E-state index in [0.717, 1.165) is 10.7 Å². The highest BCUT2D eigenvalue weighted by Crippen LogP contribution is 2.23. The number of anilines is 1. The standard InChI is InChI=1S/C12H8Cl2N4OS/c1-6-5-20-12-16-11(17-18(6)12)15-10(19)7-2-3-8(13)9(14)4-7/h2-5H,1H3,(H,15,17,19). The van der Waals surface area contributed by atoms with Crippen molar-refractivity contribution in [2.75, 3.05) is 5.32 Å². The Labute approximate surface area is 128 Å². The summed E-state index contributed by atoms with van der Waals surface area (Å²) in [5, 5.41) is 9.51. The topological polar surface area (TPSA) is 59.3 Å². The quantitative estimate of drug-likeness (QED) is 0.781. The molecule has 0 fully saturated rings. The van der Waals surface area contributed by atoms with Gasteiger partial charge in [-0.05, 0) is 25.1 Å². The zero-order valence-corrected chi connectivity index (χ0v) is 12.6. The number of hydrogen-bond donors (Lipinski definition) is 1. The Morgan fingerprint density at radius 2 is 2.15 bits per heavy atom. The molecule has 0 spiro atoms. The van der Waals surface area contributed by atoms with Crippen LogP contribution in [0.5, 0.6) is 0 Å². The van der Waals surface area contributed by atoms with Gasteiger partial charge in [-0.1, -0.05) is 23.2 Å². The molecule has 8 heteroatoms. The van der Waals surface area contributed by atoms with E-state index in [9.17, 15) is 4.79 Å². The molecule has 0 aliphatic rings. The van der Waals surface area contributed by atoms with Crippen LogP contribution in [0.2, 0.25) is 10.0 Å². The van der Waals surface area contributed by atoms with Gasteiger partial charge in [-0.25, -0.2) is 4.52 Å². The highest BCUT2D eigenvalue weighted by Gasteiger charge is 2.13. The average molecular weight is 327 g/mol. The highest BCUT2D eigenvalue weighted by molar-refractivity contribution is 7.15. The van der Waals surface area contributed by atoms with Crippen molar-refractivity contribution < 1.29 is 4.79 Å². The van der Waals surface area contributed by atoms with Crippen LogP contribution in [-0.4, -0.2) is 20.5 Å². The van der Waals surface area contributed by atoms with Crippen molar-refractivity contribution in [3.05, 3.63) is 44.9 Å². The van der Waals surface area contributed by atoms with E-state index in [0.29, 0.717) is 15.6 Å². The number of aryl methyl sites for hydroxylation is 1. The maximum atomic E-state index is 12.1. The Hall–Kier alpha value is -1.63. The summed E-state index contributed by atoms with van der Waals surface area (Å²) in [5.74, 6) is -0.0736. The lowest BCUT2D eigenvalue weighted by molar-refractivity contribution is 0.102. The fraction of sp³-hybridized carbons (Fsp3) is 0.0833. The van der Waals surface area contributed by atoms with Crippen LogP contribution in [0.1, 0.15) is 16.1 Å². The summed E-state index contributed by atoms with van der Waals surface area (Å²) in [6, 6.07) is 4.66. The molecule has 1 N–H and O–H groups in total. The van der Waals surface area contributed by atoms with Gasteiger partial charge in [-0.3, -0.25) is 10.1 Å². The van der Waals surface area contributed by atoms with Gasteiger partial charge in [0.05, 0.1) is 15.7 Å². The van der Waals surface area contributed by atoms with Crippen LogP contribution in [0.3, 0.4) is 0 Å². The first-order valence-corrected chi connectivity index (χ1v) is 7.25. The van der Waals surface area contributed by atoms with Crippen LogP contribution in [0.15, 0.2) is 23.6 Å². The van der Waals surface area contributed by atoms with E-state index in [1.165, 1.54) is 17.4 Å². The molecule has 0 aliphatic heterocycles. The molecule has 0 saturated carbocycles. The second-order valence-corrected chi connectivity index (χ2v) is 5.74. The Morgan fingerprint density at radius 3 is 2.85 bits per heavy atom. The number of rotatable bonds is 2. The van der Waals surface area contributed by atoms with E-state index >= 15 is 0 Å². The first kappa shape index (κ1) is 13.4. The number of benzene rings is 1. The van der Waals surface area contributed by atoms with E-state index in [2.05, 4.69) is 15.4 Å². The van der Waals surface area contributed by atoms with E-state index in [1.807, 2.05) is 12.3 Å². The Kier molecular flexibility index (Phi) is 3.37. The molecule has 0 saturated heterocycles. The second kappa shape index (κ2) is 5.05. The van der Waals surface area contributed by atoms with Gasteiger partial charge in [0.2, 0.25) is 4.96 Å². The van der Waals surface area contributed by atoms with Gasteiger partial charge in [0.25, 0.3) is 11.9 Å². The van der Waals surface area contributed by atoms with E-state index < -0.39 is 0 Å². The molecule has 0 bridgehead atoms. The molecule has 1 aromatic carbocycles. The molecule has 0 aliphatic carbocycles. The molecule has 3 rings (SSSR count). The van der Waals surface area contributed by atoms with Crippen molar-refractivity contribution in [1.29, 1.82) is 0 Å². The minimum absolute atomic E-state index is 0.260. The zero-order valence-electron chi connectivity index (χ0n) is 10.2. The maximum absolute atomic E-state index is 12.1. The summed E-state index contributed by atoms with van der Waals surface area (Å²) < 4.78 is 1.68. The third kappa shape index (κ3) is 2.37. The van der Waals surface area contributed by atoms with Crippen molar-refractivity contribution in [1.82, 2.24) is 14.6 Å². The Morgan fingerprint density at radius 1 is 1.35 bits per heavy atom. The summed E-state index contributed by atoms with van der Waals surface area (Å²) in [7, 11) is 0. The van der Waals surface area contributed by atoms with Gasteiger partial charge in [0, 0.05) is 10.9 Å². The number of hydrogen-bond acceptors (Lipinski definition) is 4. The molecular formula is C12H8Cl2N4OS. The van der Waals surface area contributed by atoms with Gasteiger partial charge >= 0.3 is 0 Å². The largest absolute Gasteiger partial charge is 0.289 e. The normalized spacial score (nSPS) is 10.9. The molecule has 102 valence electrons. The molecule has 5 nitrogen and oxygen atoms in total. The number of aromatic nitrogens is 3. The lowest BCUT2D eigenvalue weighted by Gasteiger charge is -2.02. The molecule has 20 heavy (non-hydrogen) atoms. The van der Waals surface area contributed by atoms with Gasteiger partial charge in [-0.2, -0.15) is 4.98 Å². The molecular weight excluding hydrogens is 319 g/mol. The third-order valence-electron chi connectivity index (χ3n) is 2.65. The molecule has 3 aromatic rings. The van der Waals surface area contributed by atoms with E-state index in [-0.39, 0.29) is 11.9 Å². The second-order valence-electron chi connectivity index (χ2n) is 4.09. The van der Waals surface area contributed by atoms with Crippen molar-refractivity contribution in [3.63, 3.8) is 0 Å². The summed E-state index contributed by atoms with van der Waals surface area (Å²) >= 11 is 13.2.